The van der Waals surface area contributed by atoms with Gasteiger partial charge in [-0.1, -0.05) is 23.8 Å². The van der Waals surface area contributed by atoms with E-state index >= 15 is 0 Å². The number of imide groups is 1. The van der Waals surface area contributed by atoms with Gasteiger partial charge in [-0.2, -0.15) is 0 Å². The number of carbonyl (C=O) groups excluding carboxylic acids is 4. The highest BCUT2D eigenvalue weighted by Gasteiger charge is 2.37. The average molecular weight is 495 g/mol. The molecule has 35 heavy (non-hydrogen) atoms. The Bertz CT molecular complexity index is 1180. The Morgan fingerprint density at radius 3 is 2.43 bits per heavy atom. The summed E-state index contributed by atoms with van der Waals surface area (Å²) in [6.07, 6.45) is 3.44. The molecular formula is C26H26N2O6S. The molecule has 0 saturated carbocycles. The molecule has 0 bridgehead atoms. The summed E-state index contributed by atoms with van der Waals surface area (Å²) in [6, 6.07) is 11.9. The van der Waals surface area contributed by atoms with Crippen molar-refractivity contribution in [3.05, 3.63) is 64.1 Å². The maximum absolute atomic E-state index is 12.8. The van der Waals surface area contributed by atoms with Crippen LogP contribution >= 0.6 is 11.8 Å². The first kappa shape index (κ1) is 24.5. The molecule has 8 nitrogen and oxygen atoms in total. The first-order valence-electron chi connectivity index (χ1n) is 11.4. The third kappa shape index (κ3) is 5.74. The molecular weight excluding hydrogens is 468 g/mol. The lowest BCUT2D eigenvalue weighted by Gasteiger charge is -2.18. The third-order valence-electron chi connectivity index (χ3n) is 5.68. The van der Waals surface area contributed by atoms with Gasteiger partial charge in [0.1, 0.15) is 6.54 Å². The highest BCUT2D eigenvalue weighted by molar-refractivity contribution is 8.18. The average Bonchev–Trinajstić information content (AvgIpc) is 3.46. The number of likely N-dealkylation sites (tertiary alicyclic amines) is 1. The number of rotatable bonds is 7. The SMILES string of the molecule is CCOc1cc(/C=C2\SC(=O)N(CC(=O)N3CCCC3)C2=O)ccc1OC(=O)c1ccc(C)cc1. The summed E-state index contributed by atoms with van der Waals surface area (Å²) in [7, 11) is 0. The van der Waals surface area contributed by atoms with Crippen molar-refractivity contribution in [3.8, 4) is 11.5 Å². The number of esters is 1. The summed E-state index contributed by atoms with van der Waals surface area (Å²) < 4.78 is 11.2. The van der Waals surface area contributed by atoms with Gasteiger partial charge in [0.25, 0.3) is 11.1 Å². The molecule has 0 unspecified atom stereocenters. The topological polar surface area (TPSA) is 93.2 Å². The van der Waals surface area contributed by atoms with Gasteiger partial charge in [0.15, 0.2) is 11.5 Å². The molecule has 2 aliphatic heterocycles. The van der Waals surface area contributed by atoms with Gasteiger partial charge in [-0.25, -0.2) is 4.79 Å². The number of thioether (sulfide) groups is 1. The zero-order valence-electron chi connectivity index (χ0n) is 19.6. The maximum Gasteiger partial charge on any atom is 0.343 e. The van der Waals surface area contributed by atoms with E-state index in [-0.39, 0.29) is 23.1 Å². The molecule has 0 spiro atoms. The number of benzene rings is 2. The predicted octanol–water partition coefficient (Wildman–Crippen LogP) is 4.27. The van der Waals surface area contributed by atoms with Crippen LogP contribution in [0.15, 0.2) is 47.4 Å². The molecule has 0 aliphatic carbocycles. The summed E-state index contributed by atoms with van der Waals surface area (Å²) in [5.41, 5.74) is 2.05. The smallest absolute Gasteiger partial charge is 0.343 e. The van der Waals surface area contributed by atoms with Gasteiger partial charge in [0.2, 0.25) is 5.91 Å². The van der Waals surface area contributed by atoms with Gasteiger partial charge < -0.3 is 14.4 Å². The first-order valence-corrected chi connectivity index (χ1v) is 12.3. The molecule has 0 aromatic heterocycles. The second kappa shape index (κ2) is 10.8. The largest absolute Gasteiger partial charge is 0.490 e. The molecule has 182 valence electrons. The molecule has 2 fully saturated rings. The number of hydrogen-bond acceptors (Lipinski definition) is 7. The molecule has 0 N–H and O–H groups in total. The van der Waals surface area contributed by atoms with E-state index in [2.05, 4.69) is 0 Å². The predicted molar refractivity (Wildman–Crippen MR) is 132 cm³/mol. The summed E-state index contributed by atoms with van der Waals surface area (Å²) >= 11 is 0.795. The standard InChI is InChI=1S/C26H26N2O6S/c1-3-33-21-14-18(8-11-20(21)34-25(31)19-9-6-17(2)7-10-19)15-22-24(30)28(26(32)35-22)16-23(29)27-12-4-5-13-27/h6-11,14-15H,3-5,12-13,16H2,1-2H3/b22-15-. The van der Waals surface area contributed by atoms with Gasteiger partial charge in [0, 0.05) is 13.1 Å². The lowest BCUT2D eigenvalue weighted by Crippen LogP contribution is -2.40. The van der Waals surface area contributed by atoms with Crippen LogP contribution in [-0.2, 0) is 9.59 Å². The fraction of sp³-hybridized carbons (Fsp3) is 0.308. The molecule has 2 aliphatic rings. The van der Waals surface area contributed by atoms with Crippen LogP contribution in [0, 0.1) is 6.92 Å². The number of nitrogens with zero attached hydrogens (tertiary/aromatic N) is 2. The third-order valence-corrected chi connectivity index (χ3v) is 6.59. The molecule has 2 saturated heterocycles. The first-order chi connectivity index (χ1) is 16.9. The van der Waals surface area contributed by atoms with Crippen LogP contribution in [0.3, 0.4) is 0 Å². The number of carbonyl (C=O) groups is 4. The summed E-state index contributed by atoms with van der Waals surface area (Å²) in [5.74, 6) is -0.642. The molecule has 2 heterocycles. The highest BCUT2D eigenvalue weighted by Crippen LogP contribution is 2.35. The molecule has 0 radical (unpaired) electrons. The summed E-state index contributed by atoms with van der Waals surface area (Å²) in [6.45, 7) is 5.15. The quantitative estimate of drug-likeness (QED) is 0.322. The monoisotopic (exact) mass is 494 g/mol. The van der Waals surface area contributed by atoms with Crippen LogP contribution < -0.4 is 9.47 Å². The molecule has 0 atom stereocenters. The van der Waals surface area contributed by atoms with E-state index in [4.69, 9.17) is 9.47 Å². The van der Waals surface area contributed by atoms with E-state index in [1.165, 1.54) is 0 Å². The molecule has 3 amide bonds. The Balaban J connectivity index is 1.49. The molecule has 2 aromatic rings. The normalized spacial score (nSPS) is 16.8. The minimum atomic E-state index is -0.512. The molecule has 2 aromatic carbocycles. The highest BCUT2D eigenvalue weighted by atomic mass is 32.2. The Kier molecular flexibility index (Phi) is 7.55. The van der Waals surface area contributed by atoms with E-state index < -0.39 is 17.1 Å². The van der Waals surface area contributed by atoms with Crippen molar-refractivity contribution < 1.29 is 28.7 Å². The van der Waals surface area contributed by atoms with E-state index in [1.807, 2.05) is 19.1 Å². The van der Waals surface area contributed by atoms with Crippen LogP contribution in [-0.4, -0.2) is 59.1 Å². The Hall–Kier alpha value is -3.59. The Morgan fingerprint density at radius 2 is 1.74 bits per heavy atom. The maximum atomic E-state index is 12.8. The lowest BCUT2D eigenvalue weighted by molar-refractivity contribution is -0.135. The van der Waals surface area contributed by atoms with E-state index in [9.17, 15) is 19.2 Å². The van der Waals surface area contributed by atoms with Crippen molar-refractivity contribution in [2.24, 2.45) is 0 Å². The van der Waals surface area contributed by atoms with Crippen molar-refractivity contribution in [2.45, 2.75) is 26.7 Å². The summed E-state index contributed by atoms with van der Waals surface area (Å²) in [4.78, 5) is 53.1. The van der Waals surface area contributed by atoms with Crippen LogP contribution in [0.2, 0.25) is 0 Å². The van der Waals surface area contributed by atoms with Crippen LogP contribution in [0.25, 0.3) is 6.08 Å². The van der Waals surface area contributed by atoms with E-state index in [1.54, 1.807) is 48.2 Å². The number of amides is 3. The fourth-order valence-corrected chi connectivity index (χ4v) is 4.64. The molecule has 4 rings (SSSR count). The van der Waals surface area contributed by atoms with Gasteiger partial charge in [0.05, 0.1) is 17.1 Å². The Morgan fingerprint density at radius 1 is 1.03 bits per heavy atom. The number of hydrogen-bond donors (Lipinski definition) is 0. The van der Waals surface area contributed by atoms with Gasteiger partial charge >= 0.3 is 5.97 Å². The lowest BCUT2D eigenvalue weighted by atomic mass is 10.1. The Labute approximate surface area is 207 Å². The van der Waals surface area contributed by atoms with E-state index in [0.717, 1.165) is 35.1 Å². The van der Waals surface area contributed by atoms with Crippen LogP contribution in [0.1, 0.15) is 41.3 Å². The second-order valence-corrected chi connectivity index (χ2v) is 9.24. The fourth-order valence-electron chi connectivity index (χ4n) is 3.80. The van der Waals surface area contributed by atoms with Crippen LogP contribution in [0.5, 0.6) is 11.5 Å². The van der Waals surface area contributed by atoms with Gasteiger partial charge in [-0.05, 0) is 74.4 Å². The number of aryl methyl sites for hydroxylation is 1. The summed E-state index contributed by atoms with van der Waals surface area (Å²) in [5, 5.41) is -0.470. The van der Waals surface area contributed by atoms with Crippen molar-refractivity contribution in [1.82, 2.24) is 9.80 Å². The minimum Gasteiger partial charge on any atom is -0.490 e. The van der Waals surface area contributed by atoms with Crippen LogP contribution in [0.4, 0.5) is 4.79 Å². The van der Waals surface area contributed by atoms with Crippen molar-refractivity contribution in [1.29, 1.82) is 0 Å². The second-order valence-electron chi connectivity index (χ2n) is 8.25. The van der Waals surface area contributed by atoms with Gasteiger partial charge in [-0.3, -0.25) is 19.3 Å². The van der Waals surface area contributed by atoms with Gasteiger partial charge in [-0.15, -0.1) is 0 Å². The molecule has 9 heteroatoms. The van der Waals surface area contributed by atoms with E-state index in [0.29, 0.717) is 36.6 Å². The number of ether oxygens (including phenoxy) is 2. The minimum absolute atomic E-state index is 0.218. The van der Waals surface area contributed by atoms with Crippen molar-refractivity contribution in [3.63, 3.8) is 0 Å². The van der Waals surface area contributed by atoms with Crippen molar-refractivity contribution in [2.75, 3.05) is 26.2 Å². The zero-order chi connectivity index (χ0) is 24.9. The zero-order valence-corrected chi connectivity index (χ0v) is 20.4. The van der Waals surface area contributed by atoms with Crippen molar-refractivity contribution >= 4 is 40.9 Å².